The smallest absolute Gasteiger partial charge is 0.233 e. The fraction of sp³-hybridized carbons (Fsp3) is 0.316. The first-order valence-electron chi connectivity index (χ1n) is 8.20. The van der Waals surface area contributed by atoms with E-state index in [1.165, 1.54) is 23.9 Å². The molecule has 7 heteroatoms. The molecular formula is C19H22ClFN2O2S. The van der Waals surface area contributed by atoms with Gasteiger partial charge in [-0.05, 0) is 35.9 Å². The van der Waals surface area contributed by atoms with Gasteiger partial charge in [-0.25, -0.2) is 4.39 Å². The molecule has 0 spiro atoms. The van der Waals surface area contributed by atoms with Crippen molar-refractivity contribution in [2.24, 2.45) is 0 Å². The first-order valence-corrected chi connectivity index (χ1v) is 9.18. The molecule has 1 fully saturated rings. The summed E-state index contributed by atoms with van der Waals surface area (Å²) in [5.74, 6) is 0.904. The lowest BCUT2D eigenvalue weighted by atomic mass is 10.0. The van der Waals surface area contributed by atoms with Crippen LogP contribution in [-0.4, -0.2) is 43.3 Å². The monoisotopic (exact) mass is 396 g/mol. The summed E-state index contributed by atoms with van der Waals surface area (Å²) in [6.07, 6.45) is 0. The van der Waals surface area contributed by atoms with E-state index in [1.807, 2.05) is 35.2 Å². The van der Waals surface area contributed by atoms with Crippen molar-refractivity contribution in [2.45, 2.75) is 10.9 Å². The second-order valence-electron chi connectivity index (χ2n) is 5.83. The van der Waals surface area contributed by atoms with Crippen molar-refractivity contribution in [3.05, 3.63) is 59.9 Å². The molecule has 1 saturated heterocycles. The number of methoxy groups -OCH3 is 1. The summed E-state index contributed by atoms with van der Waals surface area (Å²) in [7, 11) is 1.62. The molecule has 1 aliphatic heterocycles. The molecule has 0 aromatic heterocycles. The molecule has 26 heavy (non-hydrogen) atoms. The molecule has 1 aliphatic rings. The molecule has 1 unspecified atom stereocenters. The topological polar surface area (TPSA) is 41.6 Å². The Morgan fingerprint density at radius 1 is 1.31 bits per heavy atom. The zero-order chi connectivity index (χ0) is 17.6. The fourth-order valence-electron chi connectivity index (χ4n) is 2.93. The van der Waals surface area contributed by atoms with Crippen molar-refractivity contribution in [1.29, 1.82) is 0 Å². The Kier molecular flexibility index (Phi) is 7.75. The summed E-state index contributed by atoms with van der Waals surface area (Å²) in [6, 6.07) is 14.0. The van der Waals surface area contributed by atoms with Crippen molar-refractivity contribution >= 4 is 30.1 Å². The third-order valence-electron chi connectivity index (χ3n) is 4.20. The van der Waals surface area contributed by atoms with E-state index in [-0.39, 0.29) is 30.2 Å². The number of hydrogen-bond donors (Lipinski definition) is 1. The molecule has 2 aromatic carbocycles. The van der Waals surface area contributed by atoms with Crippen LogP contribution in [0.5, 0.6) is 5.75 Å². The molecule has 1 heterocycles. The highest BCUT2D eigenvalue weighted by atomic mass is 35.5. The molecule has 140 valence electrons. The normalized spacial score (nSPS) is 16.7. The summed E-state index contributed by atoms with van der Waals surface area (Å²) in [6.45, 7) is 2.01. The average Bonchev–Trinajstić information content (AvgIpc) is 2.66. The van der Waals surface area contributed by atoms with Crippen LogP contribution in [-0.2, 0) is 4.79 Å². The second kappa shape index (κ2) is 9.80. The predicted octanol–water partition coefficient (Wildman–Crippen LogP) is 3.52. The first kappa shape index (κ1) is 20.6. The van der Waals surface area contributed by atoms with Crippen molar-refractivity contribution < 1.29 is 13.9 Å². The number of amides is 1. The van der Waals surface area contributed by atoms with Crippen LogP contribution < -0.4 is 10.1 Å². The minimum Gasteiger partial charge on any atom is -0.497 e. The van der Waals surface area contributed by atoms with Crippen LogP contribution in [0.3, 0.4) is 0 Å². The van der Waals surface area contributed by atoms with E-state index in [2.05, 4.69) is 5.32 Å². The highest BCUT2D eigenvalue weighted by molar-refractivity contribution is 8.00. The lowest BCUT2D eigenvalue weighted by molar-refractivity contribution is -0.131. The molecule has 0 aliphatic carbocycles. The van der Waals surface area contributed by atoms with Crippen molar-refractivity contribution in [2.75, 3.05) is 32.5 Å². The molecule has 1 atom stereocenters. The minimum atomic E-state index is -0.277. The first-order chi connectivity index (χ1) is 12.2. The second-order valence-corrected chi connectivity index (χ2v) is 6.88. The van der Waals surface area contributed by atoms with E-state index in [0.29, 0.717) is 18.8 Å². The van der Waals surface area contributed by atoms with Gasteiger partial charge in [-0.2, -0.15) is 0 Å². The van der Waals surface area contributed by atoms with Gasteiger partial charge in [-0.3, -0.25) is 4.79 Å². The number of benzene rings is 2. The lowest BCUT2D eigenvalue weighted by Gasteiger charge is -2.36. The number of thioether (sulfide) groups is 1. The molecule has 1 amide bonds. The van der Waals surface area contributed by atoms with Crippen LogP contribution in [0.4, 0.5) is 4.39 Å². The van der Waals surface area contributed by atoms with E-state index in [1.54, 1.807) is 13.2 Å². The summed E-state index contributed by atoms with van der Waals surface area (Å²) in [5.41, 5.74) is 0.826. The van der Waals surface area contributed by atoms with Gasteiger partial charge < -0.3 is 15.0 Å². The Hall–Kier alpha value is -1.76. The van der Waals surface area contributed by atoms with Crippen molar-refractivity contribution in [3.8, 4) is 5.75 Å². The summed E-state index contributed by atoms with van der Waals surface area (Å²) >= 11 is 1.49. The molecule has 4 nitrogen and oxygen atoms in total. The van der Waals surface area contributed by atoms with Crippen LogP contribution in [0.25, 0.3) is 0 Å². The number of carbonyl (C=O) groups is 1. The summed E-state index contributed by atoms with van der Waals surface area (Å²) in [4.78, 5) is 15.6. The molecule has 0 bridgehead atoms. The van der Waals surface area contributed by atoms with Gasteiger partial charge >= 0.3 is 0 Å². The number of ether oxygens (including phenoxy) is 1. The van der Waals surface area contributed by atoms with Crippen LogP contribution >= 0.6 is 24.2 Å². The number of hydrogen-bond acceptors (Lipinski definition) is 4. The van der Waals surface area contributed by atoms with Gasteiger partial charge in [0.1, 0.15) is 11.6 Å². The number of rotatable bonds is 5. The maximum atomic E-state index is 13.6. The summed E-state index contributed by atoms with van der Waals surface area (Å²) < 4.78 is 18.8. The van der Waals surface area contributed by atoms with Gasteiger partial charge in [0, 0.05) is 24.5 Å². The predicted molar refractivity (Wildman–Crippen MR) is 105 cm³/mol. The fourth-order valence-corrected chi connectivity index (χ4v) is 3.76. The van der Waals surface area contributed by atoms with Gasteiger partial charge in [0.25, 0.3) is 0 Å². The van der Waals surface area contributed by atoms with Crippen molar-refractivity contribution in [1.82, 2.24) is 10.2 Å². The quantitative estimate of drug-likeness (QED) is 0.785. The molecular weight excluding hydrogens is 375 g/mol. The number of nitrogens with one attached hydrogen (secondary N) is 1. The van der Waals surface area contributed by atoms with E-state index in [4.69, 9.17) is 4.74 Å². The molecule has 1 N–H and O–H groups in total. The van der Waals surface area contributed by atoms with Crippen molar-refractivity contribution in [3.63, 3.8) is 0 Å². The third-order valence-corrected chi connectivity index (χ3v) is 5.18. The maximum absolute atomic E-state index is 13.6. The zero-order valence-electron chi connectivity index (χ0n) is 14.5. The Morgan fingerprint density at radius 2 is 2.12 bits per heavy atom. The van der Waals surface area contributed by atoms with E-state index >= 15 is 0 Å². The van der Waals surface area contributed by atoms with Crippen LogP contribution in [0.1, 0.15) is 11.6 Å². The SMILES string of the molecule is COc1cccc(SCC(=O)N2CCNCC2c2cccc(F)c2)c1.Cl. The van der Waals surface area contributed by atoms with E-state index < -0.39 is 0 Å². The molecule has 0 saturated carbocycles. The van der Waals surface area contributed by atoms with Gasteiger partial charge in [0.15, 0.2) is 0 Å². The lowest BCUT2D eigenvalue weighted by Crippen LogP contribution is -2.49. The van der Waals surface area contributed by atoms with Gasteiger partial charge in [-0.1, -0.05) is 18.2 Å². The largest absolute Gasteiger partial charge is 0.497 e. The Balaban J connectivity index is 0.00000243. The van der Waals surface area contributed by atoms with Crippen LogP contribution in [0.15, 0.2) is 53.4 Å². The maximum Gasteiger partial charge on any atom is 0.233 e. The van der Waals surface area contributed by atoms with Crippen LogP contribution in [0, 0.1) is 5.82 Å². The van der Waals surface area contributed by atoms with E-state index in [9.17, 15) is 9.18 Å². The Labute approximate surface area is 163 Å². The molecule has 0 radical (unpaired) electrons. The Bertz CT molecular complexity index is 747. The van der Waals surface area contributed by atoms with Gasteiger partial charge in [-0.15, -0.1) is 24.2 Å². The Morgan fingerprint density at radius 3 is 2.88 bits per heavy atom. The summed E-state index contributed by atoms with van der Waals surface area (Å²) in [5, 5.41) is 3.29. The zero-order valence-corrected chi connectivity index (χ0v) is 16.1. The number of halogens is 2. The third kappa shape index (κ3) is 5.13. The average molecular weight is 397 g/mol. The van der Waals surface area contributed by atoms with E-state index in [0.717, 1.165) is 22.8 Å². The minimum absolute atomic E-state index is 0. The van der Waals surface area contributed by atoms with Gasteiger partial charge in [0.2, 0.25) is 5.91 Å². The highest BCUT2D eigenvalue weighted by Crippen LogP contribution is 2.27. The highest BCUT2D eigenvalue weighted by Gasteiger charge is 2.27. The van der Waals surface area contributed by atoms with Crippen LogP contribution in [0.2, 0.25) is 0 Å². The van der Waals surface area contributed by atoms with Gasteiger partial charge in [0.05, 0.1) is 18.9 Å². The number of carbonyl (C=O) groups excluding carboxylic acids is 1. The number of nitrogens with zero attached hydrogens (tertiary/aromatic N) is 1. The molecule has 3 rings (SSSR count). The number of piperazine rings is 1. The standard InChI is InChI=1S/C19H21FN2O2S.ClH/c1-24-16-6-3-7-17(11-16)25-13-19(23)22-9-8-21-12-18(22)14-4-2-5-15(20)10-14;/h2-7,10-11,18,21H,8-9,12-13H2,1H3;1H. The molecule has 2 aromatic rings.